The van der Waals surface area contributed by atoms with Crippen LogP contribution in [0.15, 0.2) is 10.7 Å². The Hall–Kier alpha value is -1.56. The monoisotopic (exact) mass is 279 g/mol. The Morgan fingerprint density at radius 1 is 1.50 bits per heavy atom. The minimum Gasteiger partial charge on any atom is -0.461 e. The van der Waals surface area contributed by atoms with E-state index < -0.39 is 5.97 Å². The maximum Gasteiger partial charge on any atom is 0.360 e. The van der Waals surface area contributed by atoms with Gasteiger partial charge in [-0.15, -0.1) is 0 Å². The van der Waals surface area contributed by atoms with Gasteiger partial charge in [-0.1, -0.05) is 6.42 Å². The molecule has 0 radical (unpaired) electrons. The first-order chi connectivity index (χ1) is 9.78. The van der Waals surface area contributed by atoms with Crippen LogP contribution in [0.4, 0.5) is 6.01 Å². The lowest BCUT2D eigenvalue weighted by Gasteiger charge is -2.32. The van der Waals surface area contributed by atoms with Crippen molar-refractivity contribution in [3.05, 3.63) is 12.0 Å². The number of nitrogens with zero attached hydrogens (tertiary/aromatic N) is 2. The van der Waals surface area contributed by atoms with Gasteiger partial charge in [-0.2, -0.15) is 4.98 Å². The van der Waals surface area contributed by atoms with Crippen LogP contribution >= 0.6 is 0 Å². The Morgan fingerprint density at radius 3 is 3.25 bits per heavy atom. The number of carbonyl (C=O) groups is 1. The summed E-state index contributed by atoms with van der Waals surface area (Å²) in [6.07, 6.45) is 6.27. The average Bonchev–Trinajstić information content (AvgIpc) is 3.08. The van der Waals surface area contributed by atoms with E-state index in [0.29, 0.717) is 24.7 Å². The third-order valence-corrected chi connectivity index (χ3v) is 4.15. The van der Waals surface area contributed by atoms with E-state index >= 15 is 0 Å². The molecule has 2 aliphatic rings. The van der Waals surface area contributed by atoms with Gasteiger partial charge in [-0.3, -0.25) is 4.90 Å². The van der Waals surface area contributed by atoms with Crippen molar-refractivity contribution >= 4 is 12.0 Å². The summed E-state index contributed by atoms with van der Waals surface area (Å²) in [5.41, 5.74) is 0.229. The molecular weight excluding hydrogens is 258 g/mol. The van der Waals surface area contributed by atoms with Crippen LogP contribution in [0.25, 0.3) is 0 Å². The van der Waals surface area contributed by atoms with E-state index in [4.69, 9.17) is 9.15 Å². The number of oxazole rings is 1. The first-order valence-corrected chi connectivity index (χ1v) is 7.41. The van der Waals surface area contributed by atoms with Crippen molar-refractivity contribution in [3.8, 4) is 0 Å². The van der Waals surface area contributed by atoms with Crippen LogP contribution in [-0.4, -0.2) is 47.6 Å². The molecule has 0 amide bonds. The van der Waals surface area contributed by atoms with E-state index in [2.05, 4.69) is 15.2 Å². The second-order valence-electron chi connectivity index (χ2n) is 5.40. The molecule has 2 fully saturated rings. The smallest absolute Gasteiger partial charge is 0.360 e. The van der Waals surface area contributed by atoms with E-state index in [1.165, 1.54) is 32.1 Å². The third-order valence-electron chi connectivity index (χ3n) is 4.15. The quantitative estimate of drug-likeness (QED) is 0.849. The molecule has 3 heterocycles. The molecule has 1 aromatic rings. The van der Waals surface area contributed by atoms with Crippen molar-refractivity contribution in [3.63, 3.8) is 0 Å². The first kappa shape index (κ1) is 13.4. The minimum absolute atomic E-state index is 0.229. The van der Waals surface area contributed by atoms with Crippen LogP contribution in [0.2, 0.25) is 0 Å². The van der Waals surface area contributed by atoms with Gasteiger partial charge in [0.15, 0.2) is 5.69 Å². The van der Waals surface area contributed by atoms with Crippen LogP contribution in [-0.2, 0) is 4.74 Å². The van der Waals surface area contributed by atoms with Gasteiger partial charge in [0, 0.05) is 18.6 Å². The molecule has 2 unspecified atom stereocenters. The number of piperidine rings is 1. The van der Waals surface area contributed by atoms with Gasteiger partial charge in [-0.05, 0) is 32.7 Å². The van der Waals surface area contributed by atoms with Crippen molar-refractivity contribution in [2.45, 2.75) is 44.7 Å². The Balaban J connectivity index is 1.62. The predicted octanol–water partition coefficient (Wildman–Crippen LogP) is 1.89. The van der Waals surface area contributed by atoms with E-state index in [0.717, 1.165) is 13.0 Å². The zero-order valence-electron chi connectivity index (χ0n) is 11.8. The summed E-state index contributed by atoms with van der Waals surface area (Å²) in [5, 5.41) is 3.33. The van der Waals surface area contributed by atoms with Crippen LogP contribution < -0.4 is 5.32 Å². The zero-order valence-corrected chi connectivity index (χ0v) is 11.8. The van der Waals surface area contributed by atoms with E-state index in [9.17, 15) is 4.79 Å². The number of rotatable bonds is 4. The van der Waals surface area contributed by atoms with Gasteiger partial charge >= 0.3 is 5.97 Å². The number of fused-ring (bicyclic) bond motifs is 1. The van der Waals surface area contributed by atoms with Gasteiger partial charge in [0.25, 0.3) is 6.01 Å². The molecule has 6 heteroatoms. The number of carbonyl (C=O) groups excluding carboxylic acids is 1. The molecule has 2 saturated heterocycles. The molecule has 1 N–H and O–H groups in total. The molecule has 2 aliphatic heterocycles. The van der Waals surface area contributed by atoms with Crippen LogP contribution in [0.5, 0.6) is 0 Å². The molecule has 20 heavy (non-hydrogen) atoms. The summed E-state index contributed by atoms with van der Waals surface area (Å²) in [5.74, 6) is -0.435. The van der Waals surface area contributed by atoms with Gasteiger partial charge in [0.2, 0.25) is 0 Å². The highest BCUT2D eigenvalue weighted by atomic mass is 16.5. The van der Waals surface area contributed by atoms with Gasteiger partial charge < -0.3 is 14.5 Å². The highest BCUT2D eigenvalue weighted by Gasteiger charge is 2.36. The number of hydrogen-bond acceptors (Lipinski definition) is 6. The number of aromatic nitrogens is 1. The number of hydrogen-bond donors (Lipinski definition) is 1. The summed E-state index contributed by atoms with van der Waals surface area (Å²) in [4.78, 5) is 18.2. The van der Waals surface area contributed by atoms with Crippen LogP contribution in [0.3, 0.4) is 0 Å². The molecule has 6 nitrogen and oxygen atoms in total. The standard InChI is InChI=1S/C14H21N3O3/c1-2-19-13(18)11-9-20-14(16-11)15-10-6-8-17-7-4-3-5-12(10)17/h9-10,12H,2-8H2,1H3,(H,15,16). The second kappa shape index (κ2) is 5.83. The third kappa shape index (κ3) is 2.65. The fourth-order valence-electron chi connectivity index (χ4n) is 3.21. The number of anilines is 1. The molecule has 0 saturated carbocycles. The fraction of sp³-hybridized carbons (Fsp3) is 0.714. The van der Waals surface area contributed by atoms with Crippen LogP contribution in [0.1, 0.15) is 43.1 Å². The molecule has 2 atom stereocenters. The fourth-order valence-corrected chi connectivity index (χ4v) is 3.21. The Labute approximate surface area is 118 Å². The number of esters is 1. The van der Waals surface area contributed by atoms with Crippen molar-refractivity contribution in [2.24, 2.45) is 0 Å². The average molecular weight is 279 g/mol. The first-order valence-electron chi connectivity index (χ1n) is 7.41. The normalized spacial score (nSPS) is 26.2. The summed E-state index contributed by atoms with van der Waals surface area (Å²) in [7, 11) is 0. The van der Waals surface area contributed by atoms with Crippen LogP contribution in [0, 0.1) is 0 Å². The van der Waals surface area contributed by atoms with Gasteiger partial charge in [-0.25, -0.2) is 4.79 Å². The molecule has 0 aliphatic carbocycles. The second-order valence-corrected chi connectivity index (χ2v) is 5.40. The maximum absolute atomic E-state index is 11.5. The van der Waals surface area contributed by atoms with E-state index in [1.54, 1.807) is 6.92 Å². The lowest BCUT2D eigenvalue weighted by Crippen LogP contribution is -2.41. The lowest BCUT2D eigenvalue weighted by molar-refractivity contribution is 0.0519. The predicted molar refractivity (Wildman–Crippen MR) is 73.7 cm³/mol. The van der Waals surface area contributed by atoms with Gasteiger partial charge in [0.05, 0.1) is 6.61 Å². The maximum atomic E-state index is 11.5. The van der Waals surface area contributed by atoms with Crippen molar-refractivity contribution in [2.75, 3.05) is 25.0 Å². The summed E-state index contributed by atoms with van der Waals surface area (Å²) >= 11 is 0. The molecule has 1 aromatic heterocycles. The summed E-state index contributed by atoms with van der Waals surface area (Å²) in [6, 6.07) is 1.36. The lowest BCUT2D eigenvalue weighted by atomic mass is 9.99. The highest BCUT2D eigenvalue weighted by Crippen LogP contribution is 2.29. The summed E-state index contributed by atoms with van der Waals surface area (Å²) in [6.45, 7) is 4.44. The van der Waals surface area contributed by atoms with E-state index in [-0.39, 0.29) is 5.69 Å². The molecule has 0 bridgehead atoms. The zero-order chi connectivity index (χ0) is 13.9. The molecular formula is C14H21N3O3. The topological polar surface area (TPSA) is 67.6 Å². The molecule has 0 aromatic carbocycles. The van der Waals surface area contributed by atoms with Crippen molar-refractivity contribution in [1.29, 1.82) is 0 Å². The minimum atomic E-state index is -0.435. The molecule has 110 valence electrons. The molecule has 0 spiro atoms. The van der Waals surface area contributed by atoms with E-state index in [1.807, 2.05) is 0 Å². The number of nitrogens with one attached hydrogen (secondary N) is 1. The summed E-state index contributed by atoms with van der Waals surface area (Å²) < 4.78 is 10.2. The van der Waals surface area contributed by atoms with Crippen molar-refractivity contribution in [1.82, 2.24) is 9.88 Å². The SMILES string of the molecule is CCOC(=O)c1coc(NC2CCN3CCCCC23)n1. The Bertz CT molecular complexity index is 474. The Morgan fingerprint density at radius 2 is 2.40 bits per heavy atom. The van der Waals surface area contributed by atoms with Gasteiger partial charge in [0.1, 0.15) is 6.26 Å². The highest BCUT2D eigenvalue weighted by molar-refractivity contribution is 5.87. The molecule has 3 rings (SSSR count). The largest absolute Gasteiger partial charge is 0.461 e. The number of ether oxygens (including phenoxy) is 1. The Kier molecular flexibility index (Phi) is 3.91. The van der Waals surface area contributed by atoms with Crippen molar-refractivity contribution < 1.29 is 13.9 Å².